The number of halogens is 1. The topological polar surface area (TPSA) is 97.3 Å². The van der Waals surface area contributed by atoms with E-state index in [-0.39, 0.29) is 34.9 Å². The first kappa shape index (κ1) is 22.2. The number of morpholine rings is 1. The summed E-state index contributed by atoms with van der Waals surface area (Å²) in [6, 6.07) is 5.08. The Morgan fingerprint density at radius 1 is 1.33 bits per heavy atom. The molecule has 3 rings (SSSR count). The molecular formula is C20H22ClN5O3S. The Bertz CT molecular complexity index is 958. The number of aromatic nitrogens is 3. The van der Waals surface area contributed by atoms with Crippen molar-refractivity contribution in [1.82, 2.24) is 25.2 Å². The average Bonchev–Trinajstić information content (AvgIpc) is 2.77. The summed E-state index contributed by atoms with van der Waals surface area (Å²) in [7, 11) is 1.53. The molecule has 0 radical (unpaired) electrons. The molecule has 2 aromatic rings. The predicted molar refractivity (Wildman–Crippen MR) is 116 cm³/mol. The highest BCUT2D eigenvalue weighted by atomic mass is 35.5. The van der Waals surface area contributed by atoms with Crippen molar-refractivity contribution >= 4 is 35.2 Å². The van der Waals surface area contributed by atoms with E-state index in [1.54, 1.807) is 28.8 Å². The Morgan fingerprint density at radius 3 is 2.83 bits per heavy atom. The summed E-state index contributed by atoms with van der Waals surface area (Å²) in [5.74, 6) is 0.292. The fraction of sp³-hybridized carbons (Fsp3) is 0.350. The first-order valence-electron chi connectivity index (χ1n) is 9.22. The van der Waals surface area contributed by atoms with Gasteiger partial charge in [-0.15, -0.1) is 0 Å². The van der Waals surface area contributed by atoms with Crippen LogP contribution in [0.2, 0.25) is 5.15 Å². The molecule has 2 atom stereocenters. The number of amides is 2. The van der Waals surface area contributed by atoms with Gasteiger partial charge in [0.25, 0.3) is 5.91 Å². The molecule has 2 amide bonds. The van der Waals surface area contributed by atoms with Crippen LogP contribution < -0.4 is 5.32 Å². The minimum absolute atomic E-state index is 0.114. The molecule has 2 aromatic heterocycles. The van der Waals surface area contributed by atoms with Crippen molar-refractivity contribution in [3.63, 3.8) is 0 Å². The highest BCUT2D eigenvalue weighted by Gasteiger charge is 2.31. The third-order valence-electron chi connectivity index (χ3n) is 4.58. The summed E-state index contributed by atoms with van der Waals surface area (Å²) >= 11 is 7.94. The second-order valence-corrected chi connectivity index (χ2v) is 7.92. The predicted octanol–water partition coefficient (Wildman–Crippen LogP) is 2.37. The summed E-state index contributed by atoms with van der Waals surface area (Å²) in [4.78, 5) is 38.4. The van der Waals surface area contributed by atoms with Gasteiger partial charge in [0.1, 0.15) is 23.3 Å². The molecule has 1 N–H and O–H groups in total. The highest BCUT2D eigenvalue weighted by molar-refractivity contribution is 7.98. The molecule has 0 bridgehead atoms. The van der Waals surface area contributed by atoms with E-state index in [2.05, 4.69) is 26.8 Å². The molecule has 1 fully saturated rings. The molecule has 1 aliphatic heterocycles. The third-order valence-corrected chi connectivity index (χ3v) is 5.48. The molecule has 3 heterocycles. The quantitative estimate of drug-likeness (QED) is 0.536. The molecule has 8 nitrogen and oxygen atoms in total. The zero-order chi connectivity index (χ0) is 21.7. The van der Waals surface area contributed by atoms with Gasteiger partial charge in [-0.2, -0.15) is 11.8 Å². The van der Waals surface area contributed by atoms with Crippen LogP contribution in [-0.4, -0.2) is 69.9 Å². The Hall–Kier alpha value is -2.49. The number of carbonyl (C=O) groups is 2. The zero-order valence-electron chi connectivity index (χ0n) is 16.7. The van der Waals surface area contributed by atoms with Gasteiger partial charge in [-0.05, 0) is 36.1 Å². The van der Waals surface area contributed by atoms with E-state index in [9.17, 15) is 9.59 Å². The van der Waals surface area contributed by atoms with Crippen LogP contribution in [0.25, 0.3) is 11.4 Å². The van der Waals surface area contributed by atoms with E-state index in [0.29, 0.717) is 24.5 Å². The minimum atomic E-state index is -0.376. The Balaban J connectivity index is 1.95. The van der Waals surface area contributed by atoms with Gasteiger partial charge in [-0.25, -0.2) is 15.0 Å². The van der Waals surface area contributed by atoms with E-state index in [4.69, 9.17) is 16.3 Å². The molecule has 0 spiro atoms. The van der Waals surface area contributed by atoms with Gasteiger partial charge in [0.2, 0.25) is 5.91 Å². The number of carbonyl (C=O) groups excluding carboxylic acids is 2. The van der Waals surface area contributed by atoms with Gasteiger partial charge < -0.3 is 15.0 Å². The molecule has 0 unspecified atom stereocenters. The lowest BCUT2D eigenvalue weighted by Gasteiger charge is -2.38. The number of ether oxygens (including phenoxy) is 1. The van der Waals surface area contributed by atoms with Crippen molar-refractivity contribution < 1.29 is 14.3 Å². The lowest BCUT2D eigenvalue weighted by molar-refractivity contribution is -0.139. The number of pyridine rings is 1. The SMILES string of the molecule is C=CC(=O)N1C[C@@H](CSC)O[C@H](c2cc(Cl)nc(-c3cc(C(=O)NC)ncn3)c2)C1. The van der Waals surface area contributed by atoms with Crippen LogP contribution in [0.3, 0.4) is 0 Å². The first-order chi connectivity index (χ1) is 14.4. The number of nitrogens with one attached hydrogen (secondary N) is 1. The summed E-state index contributed by atoms with van der Waals surface area (Å²) < 4.78 is 6.23. The summed E-state index contributed by atoms with van der Waals surface area (Å²) in [6.45, 7) is 4.47. The van der Waals surface area contributed by atoms with Crippen molar-refractivity contribution in [3.8, 4) is 11.4 Å². The number of nitrogens with zero attached hydrogens (tertiary/aromatic N) is 4. The molecule has 0 aromatic carbocycles. The van der Waals surface area contributed by atoms with Crippen LogP contribution in [0.5, 0.6) is 0 Å². The molecule has 10 heteroatoms. The van der Waals surface area contributed by atoms with E-state index in [1.807, 2.05) is 12.3 Å². The van der Waals surface area contributed by atoms with E-state index >= 15 is 0 Å². The van der Waals surface area contributed by atoms with Crippen LogP contribution >= 0.6 is 23.4 Å². The monoisotopic (exact) mass is 447 g/mol. The summed E-state index contributed by atoms with van der Waals surface area (Å²) in [5.41, 5.74) is 1.95. The Kier molecular flexibility index (Phi) is 7.41. The largest absolute Gasteiger partial charge is 0.366 e. The fourth-order valence-corrected chi connectivity index (χ4v) is 3.97. The van der Waals surface area contributed by atoms with Crippen LogP contribution in [-0.2, 0) is 9.53 Å². The van der Waals surface area contributed by atoms with Crippen molar-refractivity contribution in [3.05, 3.63) is 53.6 Å². The standard InChI is InChI=1S/C20H22ClN5O3S/c1-4-19(27)26-8-13(10-30-3)29-17(9-26)12-5-15(25-18(21)6-12)14-7-16(20(28)22-2)24-11-23-14/h4-7,11,13,17H,1,8-10H2,2-3H3,(H,22,28)/t13-,17-/m0/s1. The number of hydrogen-bond donors (Lipinski definition) is 1. The minimum Gasteiger partial charge on any atom is -0.366 e. The van der Waals surface area contributed by atoms with Crippen LogP contribution in [0.1, 0.15) is 22.2 Å². The van der Waals surface area contributed by atoms with Crippen molar-refractivity contribution in [2.75, 3.05) is 32.1 Å². The summed E-state index contributed by atoms with van der Waals surface area (Å²) in [5, 5.41) is 2.79. The van der Waals surface area contributed by atoms with Crippen molar-refractivity contribution in [2.45, 2.75) is 12.2 Å². The van der Waals surface area contributed by atoms with Gasteiger partial charge in [-0.1, -0.05) is 18.2 Å². The normalized spacial score (nSPS) is 18.7. The van der Waals surface area contributed by atoms with Gasteiger partial charge in [-0.3, -0.25) is 9.59 Å². The molecule has 1 saturated heterocycles. The average molecular weight is 448 g/mol. The van der Waals surface area contributed by atoms with Gasteiger partial charge in [0, 0.05) is 19.3 Å². The molecule has 30 heavy (non-hydrogen) atoms. The molecule has 0 aliphatic carbocycles. The van der Waals surface area contributed by atoms with Crippen LogP contribution in [0.15, 0.2) is 37.2 Å². The van der Waals surface area contributed by atoms with E-state index < -0.39 is 0 Å². The number of hydrogen-bond acceptors (Lipinski definition) is 7. The van der Waals surface area contributed by atoms with E-state index in [0.717, 1.165) is 11.3 Å². The lowest BCUT2D eigenvalue weighted by Crippen LogP contribution is -2.47. The van der Waals surface area contributed by atoms with Crippen molar-refractivity contribution in [1.29, 1.82) is 0 Å². The maximum atomic E-state index is 12.2. The fourth-order valence-electron chi connectivity index (χ4n) is 3.19. The molecule has 158 valence electrons. The van der Waals surface area contributed by atoms with Crippen LogP contribution in [0, 0.1) is 0 Å². The number of thioether (sulfide) groups is 1. The van der Waals surface area contributed by atoms with Gasteiger partial charge in [0.05, 0.1) is 24.0 Å². The van der Waals surface area contributed by atoms with Crippen molar-refractivity contribution in [2.24, 2.45) is 0 Å². The maximum absolute atomic E-state index is 12.2. The lowest BCUT2D eigenvalue weighted by atomic mass is 10.1. The second kappa shape index (κ2) is 10.0. The first-order valence-corrected chi connectivity index (χ1v) is 11.0. The highest BCUT2D eigenvalue weighted by Crippen LogP contribution is 2.30. The third kappa shape index (κ3) is 5.16. The Morgan fingerprint density at radius 2 is 2.13 bits per heavy atom. The smallest absolute Gasteiger partial charge is 0.269 e. The second-order valence-electron chi connectivity index (χ2n) is 6.63. The Labute approximate surface area is 184 Å². The molecule has 0 saturated carbocycles. The van der Waals surface area contributed by atoms with Gasteiger partial charge in [0.15, 0.2) is 0 Å². The zero-order valence-corrected chi connectivity index (χ0v) is 18.2. The van der Waals surface area contributed by atoms with Gasteiger partial charge >= 0.3 is 0 Å². The summed E-state index contributed by atoms with van der Waals surface area (Å²) in [6.07, 6.45) is 4.12. The number of rotatable bonds is 6. The molecular weight excluding hydrogens is 426 g/mol. The van der Waals surface area contributed by atoms with Crippen LogP contribution in [0.4, 0.5) is 0 Å². The maximum Gasteiger partial charge on any atom is 0.269 e. The molecule has 1 aliphatic rings. The van der Waals surface area contributed by atoms with E-state index in [1.165, 1.54) is 19.5 Å².